The molecule has 0 aliphatic heterocycles. The monoisotopic (exact) mass is 224 g/mol. The summed E-state index contributed by atoms with van der Waals surface area (Å²) in [6.45, 7) is 11.6. The molecule has 1 aromatic heterocycles. The third kappa shape index (κ3) is 3.63. The van der Waals surface area contributed by atoms with Crippen LogP contribution < -0.4 is 5.32 Å². The Bertz CT molecular complexity index is 323. The van der Waals surface area contributed by atoms with Gasteiger partial charge in [0.1, 0.15) is 11.5 Å². The minimum atomic E-state index is 0.120. The molecule has 0 saturated heterocycles. The van der Waals surface area contributed by atoms with Gasteiger partial charge < -0.3 is 9.84 Å². The predicted molar refractivity (Wildman–Crippen MR) is 66.5 cm³/mol. The summed E-state index contributed by atoms with van der Waals surface area (Å²) < 4.78 is 5.40. The SMILES string of the molecule is CCCc1onc(CNC(C)(C)C)c1CC. The van der Waals surface area contributed by atoms with Gasteiger partial charge in [0.15, 0.2) is 0 Å². The van der Waals surface area contributed by atoms with Crippen molar-refractivity contribution in [3.05, 3.63) is 17.0 Å². The van der Waals surface area contributed by atoms with Crippen molar-refractivity contribution in [2.45, 2.75) is 66.0 Å². The summed E-state index contributed by atoms with van der Waals surface area (Å²) in [6, 6.07) is 0. The minimum absolute atomic E-state index is 0.120. The Kier molecular flexibility index (Phi) is 4.54. The number of nitrogens with one attached hydrogen (secondary N) is 1. The van der Waals surface area contributed by atoms with E-state index >= 15 is 0 Å². The highest BCUT2D eigenvalue weighted by molar-refractivity contribution is 5.23. The van der Waals surface area contributed by atoms with Crippen LogP contribution in [0.1, 0.15) is 58.1 Å². The zero-order valence-corrected chi connectivity index (χ0v) is 11.2. The molecular weight excluding hydrogens is 200 g/mol. The van der Waals surface area contributed by atoms with Gasteiger partial charge in [-0.05, 0) is 33.6 Å². The van der Waals surface area contributed by atoms with Crippen molar-refractivity contribution in [2.75, 3.05) is 0 Å². The van der Waals surface area contributed by atoms with Gasteiger partial charge in [0, 0.05) is 24.1 Å². The molecule has 1 rings (SSSR count). The lowest BCUT2D eigenvalue weighted by Gasteiger charge is -2.19. The lowest BCUT2D eigenvalue weighted by molar-refractivity contribution is 0.364. The molecule has 1 N–H and O–H groups in total. The van der Waals surface area contributed by atoms with Crippen LogP contribution in [-0.4, -0.2) is 10.7 Å². The predicted octanol–water partition coefficient (Wildman–Crippen LogP) is 3.08. The Morgan fingerprint density at radius 1 is 1.25 bits per heavy atom. The number of hydrogen-bond acceptors (Lipinski definition) is 3. The van der Waals surface area contributed by atoms with Crippen LogP contribution in [-0.2, 0) is 19.4 Å². The number of rotatable bonds is 5. The highest BCUT2D eigenvalue weighted by Gasteiger charge is 2.16. The molecule has 0 aromatic carbocycles. The Morgan fingerprint density at radius 3 is 2.44 bits per heavy atom. The summed E-state index contributed by atoms with van der Waals surface area (Å²) in [5.41, 5.74) is 2.48. The zero-order valence-electron chi connectivity index (χ0n) is 11.2. The average Bonchev–Trinajstić information content (AvgIpc) is 2.57. The molecule has 0 aliphatic rings. The highest BCUT2D eigenvalue weighted by Crippen LogP contribution is 2.17. The Hall–Kier alpha value is -0.830. The molecule has 3 nitrogen and oxygen atoms in total. The van der Waals surface area contributed by atoms with E-state index in [1.54, 1.807) is 0 Å². The molecule has 0 bridgehead atoms. The first-order chi connectivity index (χ1) is 7.48. The van der Waals surface area contributed by atoms with E-state index in [0.717, 1.165) is 37.3 Å². The van der Waals surface area contributed by atoms with E-state index in [2.05, 4.69) is 45.1 Å². The van der Waals surface area contributed by atoms with Gasteiger partial charge in [-0.3, -0.25) is 0 Å². The van der Waals surface area contributed by atoms with Crippen LogP contribution in [0.4, 0.5) is 0 Å². The van der Waals surface area contributed by atoms with Crippen molar-refractivity contribution < 1.29 is 4.52 Å². The van der Waals surface area contributed by atoms with Gasteiger partial charge >= 0.3 is 0 Å². The van der Waals surface area contributed by atoms with E-state index < -0.39 is 0 Å². The van der Waals surface area contributed by atoms with Gasteiger partial charge in [0.25, 0.3) is 0 Å². The summed E-state index contributed by atoms with van der Waals surface area (Å²) in [4.78, 5) is 0. The summed E-state index contributed by atoms with van der Waals surface area (Å²) in [7, 11) is 0. The highest BCUT2D eigenvalue weighted by atomic mass is 16.5. The maximum atomic E-state index is 5.40. The maximum Gasteiger partial charge on any atom is 0.140 e. The molecule has 92 valence electrons. The molecule has 0 radical (unpaired) electrons. The van der Waals surface area contributed by atoms with Crippen LogP contribution in [0.2, 0.25) is 0 Å². The lowest BCUT2D eigenvalue weighted by atomic mass is 10.1. The largest absolute Gasteiger partial charge is 0.361 e. The van der Waals surface area contributed by atoms with E-state index in [1.807, 2.05) is 0 Å². The maximum absolute atomic E-state index is 5.40. The molecule has 16 heavy (non-hydrogen) atoms. The zero-order chi connectivity index (χ0) is 12.2. The standard InChI is InChI=1S/C13H24N2O/c1-6-8-12-10(7-2)11(15-16-12)9-14-13(3,4)5/h14H,6-9H2,1-5H3. The van der Waals surface area contributed by atoms with E-state index in [1.165, 1.54) is 5.56 Å². The number of aryl methyl sites for hydroxylation is 1. The Morgan fingerprint density at radius 2 is 1.94 bits per heavy atom. The van der Waals surface area contributed by atoms with Crippen molar-refractivity contribution in [3.63, 3.8) is 0 Å². The summed E-state index contributed by atoms with van der Waals surface area (Å²) >= 11 is 0. The van der Waals surface area contributed by atoms with Crippen molar-refractivity contribution in [1.82, 2.24) is 10.5 Å². The lowest BCUT2D eigenvalue weighted by Crippen LogP contribution is -2.35. The first-order valence-electron chi connectivity index (χ1n) is 6.19. The molecular formula is C13H24N2O. The third-order valence-electron chi connectivity index (χ3n) is 2.57. The van der Waals surface area contributed by atoms with E-state index in [9.17, 15) is 0 Å². The summed E-state index contributed by atoms with van der Waals surface area (Å²) in [5.74, 6) is 1.07. The van der Waals surface area contributed by atoms with Gasteiger partial charge in [-0.1, -0.05) is 19.0 Å². The van der Waals surface area contributed by atoms with Crippen LogP contribution >= 0.6 is 0 Å². The quantitative estimate of drug-likeness (QED) is 0.835. The fourth-order valence-corrected chi connectivity index (χ4v) is 1.69. The molecule has 0 spiro atoms. The van der Waals surface area contributed by atoms with Gasteiger partial charge in [-0.15, -0.1) is 0 Å². The molecule has 0 saturated carbocycles. The van der Waals surface area contributed by atoms with Crippen molar-refractivity contribution >= 4 is 0 Å². The second-order valence-corrected chi connectivity index (χ2v) is 5.24. The van der Waals surface area contributed by atoms with Crippen LogP contribution in [0.5, 0.6) is 0 Å². The fraction of sp³-hybridized carbons (Fsp3) is 0.769. The number of nitrogens with zero attached hydrogens (tertiary/aromatic N) is 1. The van der Waals surface area contributed by atoms with Crippen molar-refractivity contribution in [2.24, 2.45) is 0 Å². The molecule has 3 heteroatoms. The van der Waals surface area contributed by atoms with Gasteiger partial charge in [-0.2, -0.15) is 0 Å². The van der Waals surface area contributed by atoms with Crippen molar-refractivity contribution in [3.8, 4) is 0 Å². The van der Waals surface area contributed by atoms with Crippen LogP contribution in [0.25, 0.3) is 0 Å². The van der Waals surface area contributed by atoms with Gasteiger partial charge in [0.2, 0.25) is 0 Å². The van der Waals surface area contributed by atoms with Crippen LogP contribution in [0.3, 0.4) is 0 Å². The Balaban J connectivity index is 2.72. The normalized spacial score (nSPS) is 12.1. The molecule has 0 aliphatic carbocycles. The first-order valence-corrected chi connectivity index (χ1v) is 6.19. The van der Waals surface area contributed by atoms with E-state index in [4.69, 9.17) is 4.52 Å². The third-order valence-corrected chi connectivity index (χ3v) is 2.57. The van der Waals surface area contributed by atoms with Crippen molar-refractivity contribution in [1.29, 1.82) is 0 Å². The van der Waals surface area contributed by atoms with Gasteiger partial charge in [-0.25, -0.2) is 0 Å². The smallest absolute Gasteiger partial charge is 0.140 e. The summed E-state index contributed by atoms with van der Waals surface area (Å²) in [5, 5.41) is 7.62. The van der Waals surface area contributed by atoms with Gasteiger partial charge in [0.05, 0.1) is 0 Å². The topological polar surface area (TPSA) is 38.1 Å². The fourth-order valence-electron chi connectivity index (χ4n) is 1.69. The van der Waals surface area contributed by atoms with Crippen LogP contribution in [0, 0.1) is 0 Å². The molecule has 0 atom stereocenters. The molecule has 0 amide bonds. The second kappa shape index (κ2) is 5.48. The van der Waals surface area contributed by atoms with E-state index in [0.29, 0.717) is 0 Å². The van der Waals surface area contributed by atoms with E-state index in [-0.39, 0.29) is 5.54 Å². The minimum Gasteiger partial charge on any atom is -0.361 e. The number of hydrogen-bond donors (Lipinski definition) is 1. The first kappa shape index (κ1) is 13.2. The Labute approximate surface area is 98.6 Å². The second-order valence-electron chi connectivity index (χ2n) is 5.24. The molecule has 1 aromatic rings. The molecule has 0 fully saturated rings. The molecule has 0 unspecified atom stereocenters. The molecule has 1 heterocycles. The number of aromatic nitrogens is 1. The summed E-state index contributed by atoms with van der Waals surface area (Å²) in [6.07, 6.45) is 3.10. The average molecular weight is 224 g/mol. The van der Waals surface area contributed by atoms with Crippen LogP contribution in [0.15, 0.2) is 4.52 Å².